The third-order valence-corrected chi connectivity index (χ3v) is 3.60. The van der Waals surface area contributed by atoms with Gasteiger partial charge in [0.05, 0.1) is 5.56 Å². The van der Waals surface area contributed by atoms with Gasteiger partial charge in [-0.2, -0.15) is 5.26 Å². The number of hydrogen-bond donors (Lipinski definition) is 1. The fourth-order valence-electron chi connectivity index (χ4n) is 2.15. The van der Waals surface area contributed by atoms with Crippen LogP contribution in [0, 0.1) is 32.1 Å². The number of halogens is 1. The van der Waals surface area contributed by atoms with Crippen molar-refractivity contribution >= 4 is 21.7 Å². The Bertz CT molecular complexity index is 642. The third kappa shape index (κ3) is 1.91. The van der Waals surface area contributed by atoms with Crippen molar-refractivity contribution in [3.05, 3.63) is 45.1 Å². The SMILES string of the molecule is Cc1cc(Br)cc(-n2c(C)c(C)c(C#N)c2N)c1. The van der Waals surface area contributed by atoms with Crippen LogP contribution in [0.3, 0.4) is 0 Å². The van der Waals surface area contributed by atoms with Crippen LogP contribution in [0.4, 0.5) is 5.82 Å². The summed E-state index contributed by atoms with van der Waals surface area (Å²) in [6, 6.07) is 8.25. The number of nitrogens with two attached hydrogens (primary N) is 1. The first-order chi connectivity index (χ1) is 8.45. The van der Waals surface area contributed by atoms with Crippen LogP contribution in [0.5, 0.6) is 0 Å². The van der Waals surface area contributed by atoms with Gasteiger partial charge in [-0.15, -0.1) is 0 Å². The van der Waals surface area contributed by atoms with Gasteiger partial charge in [-0.3, -0.25) is 4.57 Å². The summed E-state index contributed by atoms with van der Waals surface area (Å²) in [5, 5.41) is 9.14. The van der Waals surface area contributed by atoms with Gasteiger partial charge in [0.15, 0.2) is 0 Å². The van der Waals surface area contributed by atoms with Gasteiger partial charge >= 0.3 is 0 Å². The van der Waals surface area contributed by atoms with E-state index in [2.05, 4.69) is 28.1 Å². The smallest absolute Gasteiger partial charge is 0.126 e. The minimum Gasteiger partial charge on any atom is -0.384 e. The molecule has 2 aromatic rings. The van der Waals surface area contributed by atoms with Gasteiger partial charge in [0.2, 0.25) is 0 Å². The molecule has 92 valence electrons. The van der Waals surface area contributed by atoms with Crippen LogP contribution in [0.2, 0.25) is 0 Å². The number of nitrogen functional groups attached to an aromatic ring is 1. The van der Waals surface area contributed by atoms with Gasteiger partial charge in [0, 0.05) is 15.9 Å². The Kier molecular flexibility index (Phi) is 3.18. The van der Waals surface area contributed by atoms with E-state index in [1.807, 2.05) is 37.5 Å². The van der Waals surface area contributed by atoms with E-state index in [-0.39, 0.29) is 0 Å². The molecule has 0 aliphatic carbocycles. The Morgan fingerprint density at radius 3 is 2.39 bits per heavy atom. The molecule has 0 fully saturated rings. The van der Waals surface area contributed by atoms with Crippen LogP contribution in [-0.2, 0) is 0 Å². The lowest BCUT2D eigenvalue weighted by Gasteiger charge is -2.10. The normalized spacial score (nSPS) is 10.4. The highest BCUT2D eigenvalue weighted by atomic mass is 79.9. The van der Waals surface area contributed by atoms with Crippen molar-refractivity contribution in [3.8, 4) is 11.8 Å². The lowest BCUT2D eigenvalue weighted by Crippen LogP contribution is -2.03. The van der Waals surface area contributed by atoms with Crippen molar-refractivity contribution in [3.63, 3.8) is 0 Å². The van der Waals surface area contributed by atoms with Crippen molar-refractivity contribution < 1.29 is 0 Å². The number of nitriles is 1. The van der Waals surface area contributed by atoms with Gasteiger partial charge in [0.25, 0.3) is 0 Å². The molecule has 2 N–H and O–H groups in total. The predicted octanol–water partition coefficient (Wildman–Crippen LogP) is 3.62. The first kappa shape index (κ1) is 12.7. The zero-order valence-electron chi connectivity index (χ0n) is 10.6. The molecule has 0 saturated heterocycles. The van der Waals surface area contributed by atoms with Crippen LogP contribution in [0.25, 0.3) is 5.69 Å². The molecule has 0 atom stereocenters. The fraction of sp³-hybridized carbons (Fsp3) is 0.214. The van der Waals surface area contributed by atoms with Crippen molar-refractivity contribution in [1.29, 1.82) is 5.26 Å². The molecule has 0 unspecified atom stereocenters. The summed E-state index contributed by atoms with van der Waals surface area (Å²) in [7, 11) is 0. The molecule has 0 bridgehead atoms. The predicted molar refractivity (Wildman–Crippen MR) is 76.8 cm³/mol. The molecule has 0 radical (unpaired) electrons. The molecule has 0 saturated carbocycles. The second-order valence-electron chi connectivity index (χ2n) is 4.40. The monoisotopic (exact) mass is 303 g/mol. The Labute approximate surface area is 115 Å². The molecule has 2 rings (SSSR count). The van der Waals surface area contributed by atoms with Gasteiger partial charge in [-0.1, -0.05) is 15.9 Å². The fourth-order valence-corrected chi connectivity index (χ4v) is 2.75. The topological polar surface area (TPSA) is 54.7 Å². The number of nitrogens with zero attached hydrogens (tertiary/aromatic N) is 2. The molecule has 0 aliphatic rings. The second-order valence-corrected chi connectivity index (χ2v) is 5.32. The van der Waals surface area contributed by atoms with Crippen LogP contribution >= 0.6 is 15.9 Å². The average molecular weight is 304 g/mol. The van der Waals surface area contributed by atoms with Crippen molar-refractivity contribution in [1.82, 2.24) is 4.57 Å². The Morgan fingerprint density at radius 2 is 1.89 bits per heavy atom. The summed E-state index contributed by atoms with van der Waals surface area (Å²) in [5.41, 5.74) is 10.7. The standard InChI is InChI=1S/C14H14BrN3/c1-8-4-11(15)6-12(5-8)18-10(3)9(2)13(7-16)14(18)17/h4-6H,17H2,1-3H3. The summed E-state index contributed by atoms with van der Waals surface area (Å²) < 4.78 is 2.92. The number of rotatable bonds is 1. The number of anilines is 1. The molecule has 4 heteroatoms. The average Bonchev–Trinajstić information content (AvgIpc) is 2.48. The maximum atomic E-state index is 9.14. The number of aryl methyl sites for hydroxylation is 1. The van der Waals surface area contributed by atoms with Gasteiger partial charge in [-0.25, -0.2) is 0 Å². The largest absolute Gasteiger partial charge is 0.384 e. The maximum absolute atomic E-state index is 9.14. The molecule has 0 amide bonds. The summed E-state index contributed by atoms with van der Waals surface area (Å²) in [5.74, 6) is 0.505. The minimum absolute atomic E-state index is 0.505. The molecule has 1 heterocycles. The molecule has 1 aromatic heterocycles. The molecule has 0 aliphatic heterocycles. The second kappa shape index (κ2) is 4.51. The Balaban J connectivity index is 2.76. The van der Waals surface area contributed by atoms with Crippen LogP contribution < -0.4 is 5.73 Å². The summed E-state index contributed by atoms with van der Waals surface area (Å²) in [6.45, 7) is 5.93. The first-order valence-electron chi connectivity index (χ1n) is 5.60. The highest BCUT2D eigenvalue weighted by molar-refractivity contribution is 9.10. The van der Waals surface area contributed by atoms with Crippen LogP contribution in [0.15, 0.2) is 22.7 Å². The zero-order valence-corrected chi connectivity index (χ0v) is 12.2. The van der Waals surface area contributed by atoms with Gasteiger partial charge < -0.3 is 5.73 Å². The van der Waals surface area contributed by atoms with Gasteiger partial charge in [0.1, 0.15) is 11.9 Å². The highest BCUT2D eigenvalue weighted by Crippen LogP contribution is 2.29. The highest BCUT2D eigenvalue weighted by Gasteiger charge is 2.16. The summed E-state index contributed by atoms with van der Waals surface area (Å²) in [4.78, 5) is 0. The zero-order chi connectivity index (χ0) is 13.4. The van der Waals surface area contributed by atoms with E-state index >= 15 is 0 Å². The third-order valence-electron chi connectivity index (χ3n) is 3.15. The lowest BCUT2D eigenvalue weighted by atomic mass is 10.2. The first-order valence-corrected chi connectivity index (χ1v) is 6.40. The van der Waals surface area contributed by atoms with E-state index in [9.17, 15) is 0 Å². The molecule has 0 spiro atoms. The van der Waals surface area contributed by atoms with E-state index in [0.717, 1.165) is 27.0 Å². The van der Waals surface area contributed by atoms with E-state index in [1.165, 1.54) is 0 Å². The van der Waals surface area contributed by atoms with Crippen LogP contribution in [0.1, 0.15) is 22.4 Å². The van der Waals surface area contributed by atoms with Crippen molar-refractivity contribution in [2.45, 2.75) is 20.8 Å². The van der Waals surface area contributed by atoms with E-state index in [0.29, 0.717) is 11.4 Å². The van der Waals surface area contributed by atoms with E-state index in [1.54, 1.807) is 0 Å². The van der Waals surface area contributed by atoms with Crippen molar-refractivity contribution in [2.75, 3.05) is 5.73 Å². The van der Waals surface area contributed by atoms with Crippen molar-refractivity contribution in [2.24, 2.45) is 0 Å². The number of aromatic nitrogens is 1. The maximum Gasteiger partial charge on any atom is 0.126 e. The number of hydrogen-bond acceptors (Lipinski definition) is 2. The van der Waals surface area contributed by atoms with E-state index < -0.39 is 0 Å². The molecule has 1 aromatic carbocycles. The summed E-state index contributed by atoms with van der Waals surface area (Å²) in [6.07, 6.45) is 0. The quantitative estimate of drug-likeness (QED) is 0.875. The van der Waals surface area contributed by atoms with Crippen LogP contribution in [-0.4, -0.2) is 4.57 Å². The summed E-state index contributed by atoms with van der Waals surface area (Å²) >= 11 is 3.48. The van der Waals surface area contributed by atoms with E-state index in [4.69, 9.17) is 11.0 Å². The molecular weight excluding hydrogens is 290 g/mol. The Hall–Kier alpha value is -1.73. The number of benzene rings is 1. The minimum atomic E-state index is 0.505. The molecule has 18 heavy (non-hydrogen) atoms. The lowest BCUT2D eigenvalue weighted by molar-refractivity contribution is 1.01. The van der Waals surface area contributed by atoms with Gasteiger partial charge in [-0.05, 0) is 50.1 Å². The molecular formula is C14H14BrN3. The Morgan fingerprint density at radius 1 is 1.22 bits per heavy atom. The molecule has 3 nitrogen and oxygen atoms in total.